The molecule has 2 aromatic rings. The summed E-state index contributed by atoms with van der Waals surface area (Å²) in [5.74, 6) is 0.898. The fourth-order valence-corrected chi connectivity index (χ4v) is 4.16. The Balaban J connectivity index is 1.29. The van der Waals surface area contributed by atoms with Gasteiger partial charge < -0.3 is 15.1 Å². The van der Waals surface area contributed by atoms with Gasteiger partial charge in [-0.15, -0.1) is 10.2 Å². The van der Waals surface area contributed by atoms with Crippen molar-refractivity contribution >= 4 is 33.4 Å². The van der Waals surface area contributed by atoms with Crippen molar-refractivity contribution in [2.75, 3.05) is 41.3 Å². The Morgan fingerprint density at radius 3 is 2.58 bits per heavy atom. The summed E-state index contributed by atoms with van der Waals surface area (Å²) in [6.07, 6.45) is 9.67. The summed E-state index contributed by atoms with van der Waals surface area (Å²) in [7, 11) is 0. The molecule has 138 valence electrons. The molecule has 2 fully saturated rings. The number of piperazine rings is 1. The molecule has 2 aromatic heterocycles. The molecule has 2 N–H and O–H groups in total. The number of amides is 2. The summed E-state index contributed by atoms with van der Waals surface area (Å²) in [5, 5.41) is 15.5. The van der Waals surface area contributed by atoms with Gasteiger partial charge in [0.05, 0.1) is 6.20 Å². The molecule has 1 saturated heterocycles. The molecule has 9 nitrogen and oxygen atoms in total. The number of rotatable bonds is 4. The highest BCUT2D eigenvalue weighted by molar-refractivity contribution is 7.19. The van der Waals surface area contributed by atoms with Gasteiger partial charge in [0.1, 0.15) is 5.82 Å². The Morgan fingerprint density at radius 2 is 1.85 bits per heavy atom. The molecule has 26 heavy (non-hydrogen) atoms. The van der Waals surface area contributed by atoms with E-state index in [9.17, 15) is 4.79 Å². The van der Waals surface area contributed by atoms with Gasteiger partial charge in [-0.3, -0.25) is 10.3 Å². The number of hydrogen-bond donors (Lipinski definition) is 2. The minimum absolute atomic E-state index is 0.188. The first-order valence-corrected chi connectivity index (χ1v) is 9.76. The fraction of sp³-hybridized carbons (Fsp3) is 0.562. The molecule has 4 rings (SSSR count). The van der Waals surface area contributed by atoms with E-state index in [0.717, 1.165) is 50.0 Å². The van der Waals surface area contributed by atoms with Crippen molar-refractivity contribution in [3.63, 3.8) is 0 Å². The zero-order valence-electron chi connectivity index (χ0n) is 14.5. The van der Waals surface area contributed by atoms with Crippen molar-refractivity contribution in [1.29, 1.82) is 0 Å². The van der Waals surface area contributed by atoms with Crippen molar-refractivity contribution in [2.24, 2.45) is 0 Å². The highest BCUT2D eigenvalue weighted by Gasteiger charge is 2.22. The Bertz CT molecular complexity index is 725. The van der Waals surface area contributed by atoms with E-state index in [2.05, 4.69) is 40.6 Å². The van der Waals surface area contributed by atoms with Crippen LogP contribution in [0.3, 0.4) is 0 Å². The molecule has 0 aromatic carbocycles. The summed E-state index contributed by atoms with van der Waals surface area (Å²) in [6.45, 7) is 3.37. The second-order valence-corrected chi connectivity index (χ2v) is 7.46. The number of nitrogens with zero attached hydrogens (tertiary/aromatic N) is 6. The van der Waals surface area contributed by atoms with Crippen LogP contribution in [0.5, 0.6) is 0 Å². The van der Waals surface area contributed by atoms with Gasteiger partial charge in [0.2, 0.25) is 10.3 Å². The summed E-state index contributed by atoms with van der Waals surface area (Å²) < 4.78 is 0. The van der Waals surface area contributed by atoms with Crippen molar-refractivity contribution in [3.8, 4) is 0 Å². The van der Waals surface area contributed by atoms with Gasteiger partial charge >= 0.3 is 6.03 Å². The average molecular weight is 374 g/mol. The predicted octanol–water partition coefficient (Wildman–Crippen LogP) is 1.72. The van der Waals surface area contributed by atoms with E-state index in [-0.39, 0.29) is 12.1 Å². The first-order valence-electron chi connectivity index (χ1n) is 8.95. The lowest BCUT2D eigenvalue weighted by molar-refractivity contribution is 0.248. The van der Waals surface area contributed by atoms with E-state index in [0.29, 0.717) is 5.13 Å². The predicted molar refractivity (Wildman–Crippen MR) is 101 cm³/mol. The fourth-order valence-electron chi connectivity index (χ4n) is 3.36. The zero-order chi connectivity index (χ0) is 17.8. The third-order valence-corrected chi connectivity index (χ3v) is 5.65. The quantitative estimate of drug-likeness (QED) is 0.840. The van der Waals surface area contributed by atoms with Gasteiger partial charge in [0, 0.05) is 44.6 Å². The normalized spacial score (nSPS) is 18.2. The first kappa shape index (κ1) is 17.0. The molecule has 3 heterocycles. The van der Waals surface area contributed by atoms with Gasteiger partial charge in [-0.25, -0.2) is 9.78 Å². The molecular formula is C16H22N8OS. The lowest BCUT2D eigenvalue weighted by atomic mass is 10.3. The molecule has 0 unspecified atom stereocenters. The summed E-state index contributed by atoms with van der Waals surface area (Å²) in [4.78, 5) is 24.9. The molecule has 0 bridgehead atoms. The zero-order valence-corrected chi connectivity index (χ0v) is 15.3. The molecule has 1 aliphatic heterocycles. The monoisotopic (exact) mass is 374 g/mol. The second-order valence-electron chi connectivity index (χ2n) is 6.51. The Kier molecular flexibility index (Phi) is 5.09. The standard InChI is InChI=1S/C16H22N8OS/c25-14(19-12-3-1-2-4-12)20-15-21-22-16(26-15)24-9-7-23(8-10-24)13-11-17-5-6-18-13/h5-6,11-12H,1-4,7-10H2,(H2,19,20,21,25). The van der Waals surface area contributed by atoms with Crippen LogP contribution in [0.2, 0.25) is 0 Å². The van der Waals surface area contributed by atoms with E-state index in [1.807, 2.05) is 0 Å². The van der Waals surface area contributed by atoms with Crippen molar-refractivity contribution < 1.29 is 4.79 Å². The minimum atomic E-state index is -0.188. The smallest absolute Gasteiger partial charge is 0.321 e. The highest BCUT2D eigenvalue weighted by atomic mass is 32.1. The van der Waals surface area contributed by atoms with E-state index < -0.39 is 0 Å². The van der Waals surface area contributed by atoms with E-state index in [1.54, 1.807) is 18.6 Å². The van der Waals surface area contributed by atoms with Crippen LogP contribution >= 0.6 is 11.3 Å². The highest BCUT2D eigenvalue weighted by Crippen LogP contribution is 2.26. The Labute approximate surface area is 155 Å². The van der Waals surface area contributed by atoms with Crippen molar-refractivity contribution in [2.45, 2.75) is 31.7 Å². The van der Waals surface area contributed by atoms with Crippen LogP contribution in [-0.2, 0) is 0 Å². The molecule has 0 atom stereocenters. The van der Waals surface area contributed by atoms with Crippen molar-refractivity contribution in [3.05, 3.63) is 18.6 Å². The van der Waals surface area contributed by atoms with Crippen LogP contribution in [0.15, 0.2) is 18.6 Å². The van der Waals surface area contributed by atoms with Gasteiger partial charge in [-0.2, -0.15) is 0 Å². The molecular weight excluding hydrogens is 352 g/mol. The number of carbonyl (C=O) groups excluding carboxylic acids is 1. The molecule has 2 aliphatic rings. The number of urea groups is 1. The summed E-state index contributed by atoms with van der Waals surface area (Å²) in [5.41, 5.74) is 0. The van der Waals surface area contributed by atoms with E-state index >= 15 is 0 Å². The van der Waals surface area contributed by atoms with E-state index in [1.165, 1.54) is 24.2 Å². The molecule has 0 radical (unpaired) electrons. The number of anilines is 3. The second kappa shape index (κ2) is 7.81. The maximum atomic E-state index is 12.0. The van der Waals surface area contributed by atoms with Crippen LogP contribution in [0.1, 0.15) is 25.7 Å². The summed E-state index contributed by atoms with van der Waals surface area (Å²) in [6, 6.07) is 0.101. The average Bonchev–Trinajstić information content (AvgIpc) is 3.35. The molecule has 0 spiro atoms. The topological polar surface area (TPSA) is 99.2 Å². The molecule has 2 amide bonds. The van der Waals surface area contributed by atoms with Crippen LogP contribution in [0.25, 0.3) is 0 Å². The van der Waals surface area contributed by atoms with Crippen LogP contribution in [0, 0.1) is 0 Å². The lowest BCUT2D eigenvalue weighted by Gasteiger charge is -2.34. The number of nitrogens with one attached hydrogen (secondary N) is 2. The SMILES string of the molecule is O=C(Nc1nnc(N2CCN(c3cnccn3)CC2)s1)NC1CCCC1. The van der Waals surface area contributed by atoms with E-state index in [4.69, 9.17) is 0 Å². The largest absolute Gasteiger partial charge is 0.352 e. The van der Waals surface area contributed by atoms with Gasteiger partial charge in [0.15, 0.2) is 0 Å². The van der Waals surface area contributed by atoms with Gasteiger partial charge in [-0.05, 0) is 12.8 Å². The number of aromatic nitrogens is 4. The Hall–Kier alpha value is -2.49. The van der Waals surface area contributed by atoms with Gasteiger partial charge in [0.25, 0.3) is 0 Å². The Morgan fingerprint density at radius 1 is 1.08 bits per heavy atom. The van der Waals surface area contributed by atoms with Gasteiger partial charge in [-0.1, -0.05) is 24.2 Å². The van der Waals surface area contributed by atoms with Crippen LogP contribution in [0.4, 0.5) is 20.9 Å². The number of hydrogen-bond acceptors (Lipinski definition) is 8. The summed E-state index contributed by atoms with van der Waals surface area (Å²) >= 11 is 1.41. The third kappa shape index (κ3) is 4.01. The van der Waals surface area contributed by atoms with Crippen LogP contribution in [-0.4, -0.2) is 58.4 Å². The lowest BCUT2D eigenvalue weighted by Crippen LogP contribution is -2.46. The first-order chi connectivity index (χ1) is 12.8. The molecule has 1 aliphatic carbocycles. The third-order valence-electron chi connectivity index (χ3n) is 4.75. The maximum absolute atomic E-state index is 12.0. The van der Waals surface area contributed by atoms with Crippen molar-refractivity contribution in [1.82, 2.24) is 25.5 Å². The molecule has 10 heteroatoms. The maximum Gasteiger partial charge on any atom is 0.321 e. The minimum Gasteiger partial charge on any atom is -0.352 e. The molecule has 1 saturated carbocycles. The number of carbonyl (C=O) groups is 1. The van der Waals surface area contributed by atoms with Crippen LogP contribution < -0.4 is 20.4 Å².